The van der Waals surface area contributed by atoms with Crippen molar-refractivity contribution in [2.75, 3.05) is 7.05 Å². The molecule has 0 bridgehead atoms. The van der Waals surface area contributed by atoms with E-state index in [4.69, 9.17) is 5.84 Å². The highest BCUT2D eigenvalue weighted by Crippen LogP contribution is 2.27. The number of rotatable bonds is 4. The van der Waals surface area contributed by atoms with E-state index < -0.39 is 0 Å². The van der Waals surface area contributed by atoms with E-state index in [2.05, 4.69) is 30.4 Å². The first kappa shape index (κ1) is 15.0. The zero-order valence-electron chi connectivity index (χ0n) is 12.4. The van der Waals surface area contributed by atoms with Gasteiger partial charge in [0.15, 0.2) is 0 Å². The van der Waals surface area contributed by atoms with Gasteiger partial charge in [-0.15, -0.1) is 0 Å². The summed E-state index contributed by atoms with van der Waals surface area (Å²) in [5.41, 5.74) is 3.96. The van der Waals surface area contributed by atoms with E-state index in [1.165, 1.54) is 25.7 Å². The predicted octanol–water partition coefficient (Wildman–Crippen LogP) is 2.30. The molecular weight excluding hydrogens is 250 g/mol. The molecule has 0 aliphatic heterocycles. The van der Waals surface area contributed by atoms with Crippen LogP contribution in [0.1, 0.15) is 48.5 Å². The topological polar surface area (TPSA) is 58.4 Å². The molecule has 1 aliphatic rings. The van der Waals surface area contributed by atoms with E-state index in [0.717, 1.165) is 18.0 Å². The zero-order valence-corrected chi connectivity index (χ0v) is 12.4. The van der Waals surface area contributed by atoms with Gasteiger partial charge in [-0.3, -0.25) is 15.1 Å². The minimum atomic E-state index is -0.235. The molecule has 4 nitrogen and oxygen atoms in total. The molecule has 0 spiro atoms. The molecule has 0 aromatic heterocycles. The summed E-state index contributed by atoms with van der Waals surface area (Å²) in [7, 11) is 2.18. The molecule has 1 amide bonds. The summed E-state index contributed by atoms with van der Waals surface area (Å²) in [5, 5.41) is 0. The maximum atomic E-state index is 11.5. The van der Waals surface area contributed by atoms with Gasteiger partial charge in [0.25, 0.3) is 5.91 Å². The van der Waals surface area contributed by atoms with Crippen molar-refractivity contribution >= 4 is 5.91 Å². The molecule has 1 fully saturated rings. The van der Waals surface area contributed by atoms with Gasteiger partial charge in [-0.1, -0.05) is 31.9 Å². The molecule has 1 aromatic rings. The van der Waals surface area contributed by atoms with E-state index in [1.807, 2.05) is 12.1 Å². The summed E-state index contributed by atoms with van der Waals surface area (Å²) < 4.78 is 0. The quantitative estimate of drug-likeness (QED) is 0.503. The number of benzene rings is 1. The van der Waals surface area contributed by atoms with Gasteiger partial charge in [0.1, 0.15) is 0 Å². The van der Waals surface area contributed by atoms with Crippen LogP contribution in [0.15, 0.2) is 24.3 Å². The Morgan fingerprint density at radius 1 is 1.45 bits per heavy atom. The summed E-state index contributed by atoms with van der Waals surface area (Å²) in [6.45, 7) is 3.22. The largest absolute Gasteiger partial charge is 0.299 e. The van der Waals surface area contributed by atoms with Crippen LogP contribution in [0, 0.1) is 5.92 Å². The van der Waals surface area contributed by atoms with Crippen LogP contribution in [0.2, 0.25) is 0 Å². The smallest absolute Gasteiger partial charge is 0.265 e. The lowest BCUT2D eigenvalue weighted by atomic mass is 9.86. The van der Waals surface area contributed by atoms with Crippen LogP contribution in [0.4, 0.5) is 0 Å². The minimum absolute atomic E-state index is 0.235. The molecule has 2 rings (SSSR count). The van der Waals surface area contributed by atoms with E-state index in [0.29, 0.717) is 11.6 Å². The van der Waals surface area contributed by atoms with E-state index in [9.17, 15) is 4.79 Å². The van der Waals surface area contributed by atoms with E-state index in [-0.39, 0.29) is 5.91 Å². The third-order valence-corrected chi connectivity index (χ3v) is 4.28. The Morgan fingerprint density at radius 3 is 2.95 bits per heavy atom. The number of nitrogens with zero attached hydrogens (tertiary/aromatic N) is 1. The van der Waals surface area contributed by atoms with E-state index in [1.54, 1.807) is 6.07 Å². The number of hydrazine groups is 1. The van der Waals surface area contributed by atoms with Crippen LogP contribution >= 0.6 is 0 Å². The van der Waals surface area contributed by atoms with Crippen molar-refractivity contribution in [2.24, 2.45) is 11.8 Å². The van der Waals surface area contributed by atoms with Crippen molar-refractivity contribution in [3.8, 4) is 0 Å². The monoisotopic (exact) mass is 275 g/mol. The highest BCUT2D eigenvalue weighted by molar-refractivity contribution is 5.93. The summed E-state index contributed by atoms with van der Waals surface area (Å²) >= 11 is 0. The number of hydrogen-bond donors (Lipinski definition) is 2. The number of nitrogen functional groups attached to an aromatic ring is 1. The van der Waals surface area contributed by atoms with Gasteiger partial charge in [0.05, 0.1) is 0 Å². The molecule has 2 unspecified atom stereocenters. The number of hydrogen-bond acceptors (Lipinski definition) is 3. The molecule has 0 radical (unpaired) electrons. The van der Waals surface area contributed by atoms with Crippen molar-refractivity contribution in [2.45, 2.75) is 45.2 Å². The van der Waals surface area contributed by atoms with Crippen LogP contribution in [-0.2, 0) is 6.54 Å². The molecule has 1 aliphatic carbocycles. The van der Waals surface area contributed by atoms with Crippen molar-refractivity contribution < 1.29 is 4.79 Å². The normalized spacial score (nSPS) is 22.8. The fourth-order valence-corrected chi connectivity index (χ4v) is 3.11. The maximum absolute atomic E-state index is 11.5. The number of carbonyl (C=O) groups excluding carboxylic acids is 1. The number of nitrogens with two attached hydrogens (primary N) is 1. The van der Waals surface area contributed by atoms with Gasteiger partial charge in [0, 0.05) is 18.2 Å². The zero-order chi connectivity index (χ0) is 14.5. The van der Waals surface area contributed by atoms with Crippen molar-refractivity contribution in [3.63, 3.8) is 0 Å². The maximum Gasteiger partial charge on any atom is 0.265 e. The summed E-state index contributed by atoms with van der Waals surface area (Å²) in [5.74, 6) is 5.77. The third-order valence-electron chi connectivity index (χ3n) is 4.28. The Morgan fingerprint density at radius 2 is 2.25 bits per heavy atom. The second kappa shape index (κ2) is 6.86. The molecular formula is C16H25N3O. The third kappa shape index (κ3) is 3.81. The Labute approximate surface area is 121 Å². The number of nitrogens with one attached hydrogen (secondary N) is 1. The minimum Gasteiger partial charge on any atom is -0.299 e. The predicted molar refractivity (Wildman–Crippen MR) is 81.0 cm³/mol. The standard InChI is InChI=1S/C16H25N3O/c1-12-5-3-8-15(9-12)19(2)11-13-6-4-7-14(10-13)16(20)18-17/h4,6-7,10,12,15H,3,5,8-9,11,17H2,1-2H3,(H,18,20). The molecule has 0 saturated heterocycles. The second-order valence-electron chi connectivity index (χ2n) is 6.01. The lowest BCUT2D eigenvalue weighted by Gasteiger charge is -2.34. The first-order valence-corrected chi connectivity index (χ1v) is 7.40. The SMILES string of the molecule is CC1CCCC(N(C)Cc2cccc(C(=O)NN)c2)C1. The van der Waals surface area contributed by atoms with Crippen LogP contribution in [0.3, 0.4) is 0 Å². The second-order valence-corrected chi connectivity index (χ2v) is 6.01. The average Bonchev–Trinajstić information content (AvgIpc) is 2.46. The fraction of sp³-hybridized carbons (Fsp3) is 0.562. The molecule has 1 saturated carbocycles. The van der Waals surface area contributed by atoms with E-state index >= 15 is 0 Å². The highest BCUT2D eigenvalue weighted by atomic mass is 16.2. The van der Waals surface area contributed by atoms with Crippen LogP contribution in [-0.4, -0.2) is 23.9 Å². The first-order valence-electron chi connectivity index (χ1n) is 7.40. The molecule has 110 valence electrons. The van der Waals surface area contributed by atoms with Gasteiger partial charge in [-0.25, -0.2) is 5.84 Å². The van der Waals surface area contributed by atoms with Crippen molar-refractivity contribution in [1.29, 1.82) is 0 Å². The summed E-state index contributed by atoms with van der Waals surface area (Å²) in [6.07, 6.45) is 5.24. The lowest BCUT2D eigenvalue weighted by molar-refractivity contribution is 0.0953. The van der Waals surface area contributed by atoms with Crippen LogP contribution in [0.5, 0.6) is 0 Å². The first-order chi connectivity index (χ1) is 9.60. The molecule has 20 heavy (non-hydrogen) atoms. The number of carbonyl (C=O) groups is 1. The molecule has 3 N–H and O–H groups in total. The Hall–Kier alpha value is -1.39. The van der Waals surface area contributed by atoms with Crippen molar-refractivity contribution in [1.82, 2.24) is 10.3 Å². The fourth-order valence-electron chi connectivity index (χ4n) is 3.11. The molecule has 4 heteroatoms. The Bertz CT molecular complexity index is 461. The van der Waals surface area contributed by atoms with Gasteiger partial charge >= 0.3 is 0 Å². The highest BCUT2D eigenvalue weighted by Gasteiger charge is 2.22. The lowest BCUT2D eigenvalue weighted by Crippen LogP contribution is -2.35. The molecule has 2 atom stereocenters. The average molecular weight is 275 g/mol. The number of amides is 1. The van der Waals surface area contributed by atoms with Crippen molar-refractivity contribution in [3.05, 3.63) is 35.4 Å². The van der Waals surface area contributed by atoms with Crippen LogP contribution in [0.25, 0.3) is 0 Å². The van der Waals surface area contributed by atoms with Gasteiger partial charge in [-0.05, 0) is 43.5 Å². The van der Waals surface area contributed by atoms with Gasteiger partial charge < -0.3 is 0 Å². The van der Waals surface area contributed by atoms with Crippen LogP contribution < -0.4 is 11.3 Å². The Balaban J connectivity index is 2.00. The summed E-state index contributed by atoms with van der Waals surface area (Å²) in [4.78, 5) is 14.0. The molecule has 0 heterocycles. The molecule has 1 aromatic carbocycles. The Kier molecular flexibility index (Phi) is 5.15. The summed E-state index contributed by atoms with van der Waals surface area (Å²) in [6, 6.07) is 8.35. The van der Waals surface area contributed by atoms with Gasteiger partial charge in [-0.2, -0.15) is 0 Å². The van der Waals surface area contributed by atoms with Gasteiger partial charge in [0.2, 0.25) is 0 Å².